The highest BCUT2D eigenvalue weighted by Crippen LogP contribution is 2.16. The average molecular weight is 495 g/mol. The standard InChI is InChI=1S/C21H24BrFN4O4/c1-20(2,3)31-19(30)25-21(4,11-13-8-6-5-7-9-13)18(29)27-26-17(28)14-10-16(22)24-12-15(14)23/h5-10,12H,11H2,1-4H3,(H,25,30)(H,26,28)(H,27,29). The Bertz CT molecular complexity index is 966. The lowest BCUT2D eigenvalue weighted by Gasteiger charge is -2.31. The summed E-state index contributed by atoms with van der Waals surface area (Å²) in [7, 11) is 0. The lowest BCUT2D eigenvalue weighted by molar-refractivity contribution is -0.127. The lowest BCUT2D eigenvalue weighted by atomic mass is 9.92. The highest BCUT2D eigenvalue weighted by Gasteiger charge is 2.37. The largest absolute Gasteiger partial charge is 0.444 e. The van der Waals surface area contributed by atoms with E-state index in [0.717, 1.165) is 11.8 Å². The molecule has 1 atom stereocenters. The molecule has 31 heavy (non-hydrogen) atoms. The minimum atomic E-state index is -1.48. The molecule has 0 saturated heterocycles. The molecule has 3 N–H and O–H groups in total. The van der Waals surface area contributed by atoms with Crippen molar-refractivity contribution in [2.24, 2.45) is 0 Å². The van der Waals surface area contributed by atoms with Crippen LogP contribution in [0, 0.1) is 5.82 Å². The zero-order valence-corrected chi connectivity index (χ0v) is 19.2. The number of ether oxygens (including phenoxy) is 1. The van der Waals surface area contributed by atoms with Crippen LogP contribution in [0.4, 0.5) is 9.18 Å². The Balaban J connectivity index is 2.17. The van der Waals surface area contributed by atoms with Gasteiger partial charge in [-0.05, 0) is 55.3 Å². The Morgan fingerprint density at radius 3 is 2.35 bits per heavy atom. The molecule has 0 fully saturated rings. The predicted molar refractivity (Wildman–Crippen MR) is 115 cm³/mol. The van der Waals surface area contributed by atoms with Gasteiger partial charge in [0.15, 0.2) is 5.82 Å². The second-order valence-electron chi connectivity index (χ2n) is 8.02. The van der Waals surface area contributed by atoms with E-state index in [-0.39, 0.29) is 16.6 Å². The number of carbonyl (C=O) groups excluding carboxylic acids is 3. The molecule has 1 aromatic carbocycles. The van der Waals surface area contributed by atoms with Crippen LogP contribution in [0.5, 0.6) is 0 Å². The monoisotopic (exact) mass is 494 g/mol. The van der Waals surface area contributed by atoms with E-state index >= 15 is 0 Å². The van der Waals surface area contributed by atoms with Gasteiger partial charge < -0.3 is 10.1 Å². The summed E-state index contributed by atoms with van der Waals surface area (Å²) in [5, 5.41) is 2.57. The molecule has 10 heteroatoms. The zero-order valence-electron chi connectivity index (χ0n) is 17.6. The van der Waals surface area contributed by atoms with Gasteiger partial charge in [0.1, 0.15) is 15.7 Å². The maximum Gasteiger partial charge on any atom is 0.408 e. The molecule has 166 valence electrons. The van der Waals surface area contributed by atoms with Crippen LogP contribution in [0.15, 0.2) is 47.2 Å². The molecule has 1 unspecified atom stereocenters. The van der Waals surface area contributed by atoms with Crippen molar-refractivity contribution in [1.29, 1.82) is 0 Å². The molecule has 0 spiro atoms. The number of nitrogens with one attached hydrogen (secondary N) is 3. The molecule has 1 heterocycles. The SMILES string of the molecule is CC(C)(C)OC(=O)NC(C)(Cc1ccccc1)C(=O)NNC(=O)c1cc(Br)ncc1F. The number of alkyl carbamates (subject to hydrolysis) is 1. The molecule has 0 aliphatic carbocycles. The fourth-order valence-corrected chi connectivity index (χ4v) is 2.95. The van der Waals surface area contributed by atoms with Crippen molar-refractivity contribution in [3.8, 4) is 0 Å². The van der Waals surface area contributed by atoms with E-state index in [1.807, 2.05) is 6.07 Å². The second-order valence-corrected chi connectivity index (χ2v) is 8.83. The van der Waals surface area contributed by atoms with Crippen molar-refractivity contribution < 1.29 is 23.5 Å². The van der Waals surface area contributed by atoms with Crippen LogP contribution in [0.3, 0.4) is 0 Å². The Hall–Kier alpha value is -3.01. The first-order valence-corrected chi connectivity index (χ1v) is 10.2. The summed E-state index contributed by atoms with van der Waals surface area (Å²) < 4.78 is 19.4. The molecule has 3 amide bonds. The maximum atomic E-state index is 13.9. The van der Waals surface area contributed by atoms with Gasteiger partial charge in [-0.2, -0.15) is 0 Å². The molecule has 2 rings (SSSR count). The van der Waals surface area contributed by atoms with Gasteiger partial charge in [-0.25, -0.2) is 14.2 Å². The molecular formula is C21H24BrFN4O4. The summed E-state index contributed by atoms with van der Waals surface area (Å²) in [6.45, 7) is 6.59. The van der Waals surface area contributed by atoms with Gasteiger partial charge in [0.05, 0.1) is 11.8 Å². The van der Waals surface area contributed by atoms with Crippen LogP contribution in [0.25, 0.3) is 0 Å². The molecule has 0 bridgehead atoms. The molecule has 8 nitrogen and oxygen atoms in total. The normalized spacial score (nSPS) is 13.0. The first-order chi connectivity index (χ1) is 14.4. The van der Waals surface area contributed by atoms with Crippen LogP contribution in [0.1, 0.15) is 43.6 Å². The van der Waals surface area contributed by atoms with Gasteiger partial charge in [0.2, 0.25) is 0 Å². The fourth-order valence-electron chi connectivity index (χ4n) is 2.62. The number of rotatable bonds is 5. The second kappa shape index (κ2) is 9.86. The van der Waals surface area contributed by atoms with Crippen LogP contribution in [-0.4, -0.2) is 34.0 Å². The van der Waals surface area contributed by atoms with Crippen LogP contribution < -0.4 is 16.2 Å². The van der Waals surface area contributed by atoms with Crippen molar-refractivity contribution >= 4 is 33.8 Å². The molecule has 1 aromatic heterocycles. The number of nitrogens with zero attached hydrogens (tertiary/aromatic N) is 1. The van der Waals surface area contributed by atoms with Gasteiger partial charge in [-0.15, -0.1) is 0 Å². The van der Waals surface area contributed by atoms with Crippen molar-refractivity contribution in [1.82, 2.24) is 21.2 Å². The Labute approximate surface area is 188 Å². The van der Waals surface area contributed by atoms with E-state index in [4.69, 9.17) is 4.74 Å². The van der Waals surface area contributed by atoms with E-state index in [2.05, 4.69) is 37.1 Å². The van der Waals surface area contributed by atoms with Gasteiger partial charge in [-0.1, -0.05) is 30.3 Å². The summed E-state index contributed by atoms with van der Waals surface area (Å²) >= 11 is 3.06. The number of amides is 3. The third-order valence-electron chi connectivity index (χ3n) is 4.03. The number of hydrazine groups is 1. The van der Waals surface area contributed by atoms with Crippen molar-refractivity contribution in [3.05, 3.63) is 64.1 Å². The Kier molecular flexibility index (Phi) is 7.72. The summed E-state index contributed by atoms with van der Waals surface area (Å²) in [6.07, 6.45) is 0.200. The zero-order chi connectivity index (χ0) is 23.2. The van der Waals surface area contributed by atoms with E-state index in [9.17, 15) is 18.8 Å². The first-order valence-electron chi connectivity index (χ1n) is 9.36. The third kappa shape index (κ3) is 7.32. The van der Waals surface area contributed by atoms with Gasteiger partial charge in [-0.3, -0.25) is 20.4 Å². The highest BCUT2D eigenvalue weighted by atomic mass is 79.9. The number of benzene rings is 1. The highest BCUT2D eigenvalue weighted by molar-refractivity contribution is 9.10. The van der Waals surface area contributed by atoms with Crippen molar-refractivity contribution in [3.63, 3.8) is 0 Å². The van der Waals surface area contributed by atoms with E-state index < -0.39 is 34.9 Å². The number of aromatic nitrogens is 1. The van der Waals surface area contributed by atoms with Gasteiger partial charge >= 0.3 is 6.09 Å². The molecule has 0 aliphatic heterocycles. The number of hydrogen-bond donors (Lipinski definition) is 3. The summed E-state index contributed by atoms with van der Waals surface area (Å²) in [6, 6.07) is 10.2. The number of halogens is 2. The smallest absolute Gasteiger partial charge is 0.408 e. The van der Waals surface area contributed by atoms with Crippen LogP contribution >= 0.6 is 15.9 Å². The molecule has 0 radical (unpaired) electrons. The number of pyridine rings is 1. The van der Waals surface area contributed by atoms with Crippen LogP contribution in [-0.2, 0) is 16.0 Å². The maximum absolute atomic E-state index is 13.9. The summed E-state index contributed by atoms with van der Waals surface area (Å²) in [5.74, 6) is -2.45. The molecule has 0 aliphatic rings. The molecule has 0 saturated carbocycles. The van der Waals surface area contributed by atoms with Crippen LogP contribution in [0.2, 0.25) is 0 Å². The minimum Gasteiger partial charge on any atom is -0.444 e. The first kappa shape index (κ1) is 24.3. The van der Waals surface area contributed by atoms with E-state index in [1.54, 1.807) is 45.0 Å². The molecular weight excluding hydrogens is 471 g/mol. The Morgan fingerprint density at radius 1 is 1.10 bits per heavy atom. The average Bonchev–Trinajstić information content (AvgIpc) is 2.66. The summed E-state index contributed by atoms with van der Waals surface area (Å²) in [4.78, 5) is 41.3. The van der Waals surface area contributed by atoms with Gasteiger partial charge in [0.25, 0.3) is 11.8 Å². The van der Waals surface area contributed by atoms with E-state index in [1.165, 1.54) is 13.0 Å². The number of hydrogen-bond acceptors (Lipinski definition) is 5. The molecule has 2 aromatic rings. The van der Waals surface area contributed by atoms with Gasteiger partial charge in [0, 0.05) is 6.42 Å². The lowest BCUT2D eigenvalue weighted by Crippen LogP contribution is -2.61. The fraction of sp³-hybridized carbons (Fsp3) is 0.333. The number of carbonyl (C=O) groups is 3. The topological polar surface area (TPSA) is 109 Å². The Morgan fingerprint density at radius 2 is 1.74 bits per heavy atom. The van der Waals surface area contributed by atoms with Crippen molar-refractivity contribution in [2.75, 3.05) is 0 Å². The predicted octanol–water partition coefficient (Wildman–Crippen LogP) is 3.27. The van der Waals surface area contributed by atoms with E-state index in [0.29, 0.717) is 0 Å². The third-order valence-corrected chi connectivity index (χ3v) is 4.47. The summed E-state index contributed by atoms with van der Waals surface area (Å²) in [5.41, 5.74) is 2.62. The quantitative estimate of drug-likeness (QED) is 0.436. The van der Waals surface area contributed by atoms with Crippen molar-refractivity contribution in [2.45, 2.75) is 45.3 Å². The minimum absolute atomic E-state index is 0.115.